The molecule has 0 radical (unpaired) electrons. The summed E-state index contributed by atoms with van der Waals surface area (Å²) in [6.45, 7) is 6.31. The van der Waals surface area contributed by atoms with Crippen molar-refractivity contribution >= 4 is 115 Å². The van der Waals surface area contributed by atoms with Crippen LogP contribution in [0.25, 0.3) is 137 Å². The molecule has 0 saturated carbocycles. The van der Waals surface area contributed by atoms with E-state index in [1.54, 1.807) is 24.3 Å². The standard InChI is InChI=1S/C56H32N6.C12H9N.C8F4N2/c57-33-43-53(59-45-25-9-1-17-35(45)36-18-2-10-26-46(36)59)44(34-58)55(61-49-29-13-5-21-39(49)40-22-6-14-30-50(40)61)56(62-51-31-15-7-23-41(51)42-24-8-16-32-52(42)62)54(43)60-47-27-11-3-19-37(47)38-20-4-12-28-48(38)60;1-3-7-11-9(5-1)10-6-2-4-8-12(10)13-11;1-14-8-5(10)3(2-13)4(9)6(11)7(8)12/h1-32H;1-8,13H;/i17D,19D,21D,23D;5D;. The van der Waals surface area contributed by atoms with Crippen LogP contribution < -0.4 is 0 Å². The Balaban J connectivity index is 0.000000213. The number of aromatic amines is 1. The van der Waals surface area contributed by atoms with Gasteiger partial charge in [0.15, 0.2) is 23.3 Å². The van der Waals surface area contributed by atoms with Crippen LogP contribution in [0, 0.1) is 63.8 Å². The van der Waals surface area contributed by atoms with E-state index in [4.69, 9.17) is 13.2 Å². The Morgan fingerprint density at radius 3 is 0.989 bits per heavy atom. The van der Waals surface area contributed by atoms with Crippen molar-refractivity contribution in [1.29, 1.82) is 15.8 Å². The monoisotopic (exact) mass is 1160 g/mol. The van der Waals surface area contributed by atoms with Gasteiger partial charge in [0.2, 0.25) is 0 Å². The number of nitrogens with zero attached hydrogens (tertiary/aromatic N) is 8. The molecule has 5 heterocycles. The molecule has 0 aliphatic rings. The highest BCUT2D eigenvalue weighted by Gasteiger charge is 2.34. The fourth-order valence-corrected chi connectivity index (χ4v) is 12.6. The average molecular weight is 1160 g/mol. The fraction of sp³-hybridized carbons (Fsp3) is 0. The molecule has 5 aromatic heterocycles. The summed E-state index contributed by atoms with van der Waals surface area (Å²) >= 11 is 0. The first-order chi connectivity index (χ1) is 45.8. The summed E-state index contributed by atoms with van der Waals surface area (Å²) in [5.41, 5.74) is 7.36. The molecule has 0 saturated heterocycles. The van der Waals surface area contributed by atoms with Crippen molar-refractivity contribution in [2.75, 3.05) is 0 Å². The third kappa shape index (κ3) is 7.98. The molecular weight excluding hydrogens is 1110 g/mol. The van der Waals surface area contributed by atoms with Crippen LogP contribution in [0.15, 0.2) is 243 Å². The number of hydrogen-bond donors (Lipinski definition) is 1. The van der Waals surface area contributed by atoms with Gasteiger partial charge in [0.1, 0.15) is 34.9 Å². The minimum Gasteiger partial charge on any atom is -0.355 e. The maximum atomic E-state index is 12.9. The summed E-state index contributed by atoms with van der Waals surface area (Å²) in [6, 6.07) is 76.0. The molecule has 17 aromatic rings. The van der Waals surface area contributed by atoms with Crippen molar-refractivity contribution in [2.24, 2.45) is 0 Å². The molecule has 0 bridgehead atoms. The molecule has 418 valence electrons. The van der Waals surface area contributed by atoms with Crippen molar-refractivity contribution in [2.45, 2.75) is 0 Å². The van der Waals surface area contributed by atoms with Crippen LogP contribution in [0.1, 0.15) is 23.5 Å². The highest BCUT2D eigenvalue weighted by atomic mass is 19.2. The molecule has 1 N–H and O–H groups in total. The maximum absolute atomic E-state index is 12.9. The maximum Gasteiger partial charge on any atom is 0.261 e. The minimum atomic E-state index is -2.02. The number of rotatable bonds is 4. The van der Waals surface area contributed by atoms with Gasteiger partial charge in [-0.15, -0.1) is 0 Å². The second-order valence-electron chi connectivity index (χ2n) is 20.8. The average Bonchev–Trinajstić information content (AvgIpc) is 1.47. The molecule has 17 rings (SSSR count). The summed E-state index contributed by atoms with van der Waals surface area (Å²) in [7, 11) is 0. The van der Waals surface area contributed by atoms with Crippen LogP contribution in [0.5, 0.6) is 0 Å². The Kier molecular flexibility index (Phi) is 11.3. The largest absolute Gasteiger partial charge is 0.355 e. The van der Waals surface area contributed by atoms with E-state index < -0.39 is 34.5 Å². The Bertz CT molecular complexity index is 6130. The van der Waals surface area contributed by atoms with Gasteiger partial charge in [-0.05, 0) is 60.7 Å². The van der Waals surface area contributed by atoms with Gasteiger partial charge in [-0.3, -0.25) is 0 Å². The first-order valence-corrected chi connectivity index (χ1v) is 27.9. The third-order valence-corrected chi connectivity index (χ3v) is 16.3. The Labute approximate surface area is 510 Å². The second kappa shape index (κ2) is 21.1. The van der Waals surface area contributed by atoms with Gasteiger partial charge in [0.05, 0.1) is 80.3 Å². The number of H-pyrrole nitrogens is 1. The topological polar surface area (TPSA) is 111 Å². The van der Waals surface area contributed by atoms with E-state index in [0.29, 0.717) is 102 Å². The zero-order valence-electron chi connectivity index (χ0n) is 51.3. The molecule has 0 aliphatic carbocycles. The Morgan fingerprint density at radius 1 is 0.315 bits per heavy atom. The van der Waals surface area contributed by atoms with Crippen molar-refractivity contribution in [3.63, 3.8) is 0 Å². The van der Waals surface area contributed by atoms with Gasteiger partial charge in [-0.25, -0.2) is 22.4 Å². The number of aromatic nitrogens is 5. The SMILES string of the molecule is [2H]c1cccc2[nH]c3ccccc3c12.[2H]c1cccc2c1c1ccccc1n2-c1c(C#N)c(-n2c3ccccc3c3c([2H])cccc32)c(-n2c3ccccc3c3c([2H])cccc32)c(-n2c3ccccc3c3c([2H])cccc32)c1C#N.[C-]#[N+]c1c(F)c(F)c(F)c(C#N)c1F. The summed E-state index contributed by atoms with van der Waals surface area (Å²) in [5, 5.41) is 40.8. The number of halogens is 4. The number of nitriles is 3. The van der Waals surface area contributed by atoms with E-state index in [0.717, 1.165) is 66.0 Å². The van der Waals surface area contributed by atoms with Gasteiger partial charge in [0, 0.05) is 64.9 Å². The molecular formula is C76H41F4N9. The lowest BCUT2D eigenvalue weighted by Crippen LogP contribution is -2.16. The van der Waals surface area contributed by atoms with Gasteiger partial charge >= 0.3 is 0 Å². The molecule has 89 heavy (non-hydrogen) atoms. The number of nitrogens with one attached hydrogen (secondary N) is 1. The number of benzene rings is 12. The smallest absolute Gasteiger partial charge is 0.261 e. The van der Waals surface area contributed by atoms with Crippen LogP contribution in [-0.4, -0.2) is 23.3 Å². The van der Waals surface area contributed by atoms with Crippen LogP contribution in [0.3, 0.4) is 0 Å². The number of fused-ring (bicyclic) bond motifs is 15. The van der Waals surface area contributed by atoms with E-state index in [1.165, 1.54) is 0 Å². The minimum absolute atomic E-state index is 0.191. The molecule has 0 atom stereocenters. The lowest BCUT2D eigenvalue weighted by Gasteiger charge is -2.27. The highest BCUT2D eigenvalue weighted by Crippen LogP contribution is 2.49. The molecule has 0 unspecified atom stereocenters. The van der Waals surface area contributed by atoms with Gasteiger partial charge in [-0.2, -0.15) is 15.8 Å². The van der Waals surface area contributed by atoms with Crippen molar-refractivity contribution in [3.05, 3.63) is 294 Å². The van der Waals surface area contributed by atoms with E-state index >= 15 is 0 Å². The number of hydrogen-bond acceptors (Lipinski definition) is 3. The van der Waals surface area contributed by atoms with E-state index in [9.17, 15) is 33.6 Å². The van der Waals surface area contributed by atoms with Gasteiger partial charge in [-0.1, -0.05) is 182 Å². The third-order valence-electron chi connectivity index (χ3n) is 16.3. The van der Waals surface area contributed by atoms with Gasteiger partial charge in [0.25, 0.3) is 5.69 Å². The molecule has 0 aliphatic heterocycles. The predicted octanol–water partition coefficient (Wildman–Crippen LogP) is 19.8. The highest BCUT2D eigenvalue weighted by molar-refractivity contribution is 6.16. The van der Waals surface area contributed by atoms with Crippen molar-refractivity contribution in [1.82, 2.24) is 23.3 Å². The fourth-order valence-electron chi connectivity index (χ4n) is 12.6. The first-order valence-electron chi connectivity index (χ1n) is 30.4. The molecule has 0 amide bonds. The molecule has 9 nitrogen and oxygen atoms in total. The zero-order valence-corrected chi connectivity index (χ0v) is 46.3. The van der Waals surface area contributed by atoms with Gasteiger partial charge < -0.3 is 23.3 Å². The lowest BCUT2D eigenvalue weighted by molar-refractivity contribution is 0.436. The van der Waals surface area contributed by atoms with Crippen LogP contribution in [-0.2, 0) is 0 Å². The van der Waals surface area contributed by atoms with E-state index in [1.807, 2.05) is 193 Å². The first kappa shape index (κ1) is 47.7. The summed E-state index contributed by atoms with van der Waals surface area (Å²) in [4.78, 5) is 5.62. The Morgan fingerprint density at radius 2 is 0.607 bits per heavy atom. The second-order valence-corrected chi connectivity index (χ2v) is 20.8. The Hall–Kier alpha value is -12.7. The summed E-state index contributed by atoms with van der Waals surface area (Å²) < 4.78 is 104. The molecule has 0 fully saturated rings. The summed E-state index contributed by atoms with van der Waals surface area (Å²) in [6.07, 6.45) is 0. The van der Waals surface area contributed by atoms with E-state index in [2.05, 4.69) is 35.7 Å². The van der Waals surface area contributed by atoms with E-state index in [-0.39, 0.29) is 11.1 Å². The molecule has 0 spiro atoms. The van der Waals surface area contributed by atoms with Crippen molar-refractivity contribution < 1.29 is 24.4 Å². The predicted molar refractivity (Wildman–Crippen MR) is 346 cm³/mol. The van der Waals surface area contributed by atoms with Crippen LogP contribution in [0.4, 0.5) is 23.2 Å². The normalized spacial score (nSPS) is 12.1. The summed E-state index contributed by atoms with van der Waals surface area (Å²) in [5.74, 6) is -7.54. The lowest BCUT2D eigenvalue weighted by atomic mass is 9.98. The number of para-hydroxylation sites is 10. The quantitative estimate of drug-likeness (QED) is 0.0820. The molecule has 12 aromatic carbocycles. The van der Waals surface area contributed by atoms with Crippen LogP contribution in [0.2, 0.25) is 0 Å². The molecule has 13 heteroatoms. The van der Waals surface area contributed by atoms with Crippen molar-refractivity contribution in [3.8, 4) is 41.0 Å². The van der Waals surface area contributed by atoms with Crippen LogP contribution >= 0.6 is 0 Å². The zero-order chi connectivity index (χ0) is 65.0.